The fraction of sp³-hybridized carbons (Fsp3) is 0.667. The molecule has 1 rings (SSSR count). The third kappa shape index (κ3) is 1.75. The second kappa shape index (κ2) is 3.45. The van der Waals surface area contributed by atoms with Gasteiger partial charge in [-0.15, -0.1) is 10.2 Å². The van der Waals surface area contributed by atoms with Crippen molar-refractivity contribution in [1.29, 1.82) is 0 Å². The maximum Gasteiger partial charge on any atom is 0.273 e. The predicted molar refractivity (Wildman–Crippen MR) is 35.8 cm³/mol. The predicted octanol–water partition coefficient (Wildman–Crippen LogP) is 0.669. The lowest BCUT2D eigenvalue weighted by Crippen LogP contribution is -2.03. The third-order valence-electron chi connectivity index (χ3n) is 1.17. The minimum Gasteiger partial charge on any atom is -0.421 e. The highest BCUT2D eigenvalue weighted by atomic mass is 16.7. The molecule has 0 unspecified atom stereocenters. The lowest BCUT2D eigenvalue weighted by molar-refractivity contribution is -0.121. The maximum absolute atomic E-state index is 5.06. The van der Waals surface area contributed by atoms with Gasteiger partial charge in [-0.2, -0.15) is 0 Å². The number of aromatic nitrogens is 2. The molecular formula is C6H10N2O3. The van der Waals surface area contributed by atoms with Crippen LogP contribution >= 0.6 is 0 Å². The van der Waals surface area contributed by atoms with Gasteiger partial charge in [-0.25, -0.2) is 0 Å². The number of hydrogen-bond acceptors (Lipinski definition) is 5. The summed E-state index contributed by atoms with van der Waals surface area (Å²) in [5, 5.41) is 7.35. The molecule has 0 spiro atoms. The summed E-state index contributed by atoms with van der Waals surface area (Å²) in [5.74, 6) is 0.839. The Kier molecular flexibility index (Phi) is 2.56. The number of rotatable bonds is 3. The van der Waals surface area contributed by atoms with E-state index in [-0.39, 0.29) is 0 Å². The van der Waals surface area contributed by atoms with Gasteiger partial charge in [0.25, 0.3) is 5.89 Å². The van der Waals surface area contributed by atoms with Gasteiger partial charge in [0.2, 0.25) is 12.2 Å². The minimum atomic E-state index is -0.559. The van der Waals surface area contributed by atoms with E-state index < -0.39 is 6.29 Å². The van der Waals surface area contributed by atoms with E-state index in [2.05, 4.69) is 10.2 Å². The molecule has 0 aliphatic heterocycles. The summed E-state index contributed by atoms with van der Waals surface area (Å²) in [6, 6.07) is 0. The summed E-state index contributed by atoms with van der Waals surface area (Å²) in [6.07, 6.45) is -0.559. The van der Waals surface area contributed by atoms with Crippen molar-refractivity contribution in [3.05, 3.63) is 11.8 Å². The largest absolute Gasteiger partial charge is 0.421 e. The molecule has 0 fully saturated rings. The summed E-state index contributed by atoms with van der Waals surface area (Å²) < 4.78 is 14.8. The SMILES string of the molecule is COC(OC)c1nnc(C)o1. The van der Waals surface area contributed by atoms with Crippen LogP contribution < -0.4 is 0 Å². The smallest absolute Gasteiger partial charge is 0.273 e. The Labute approximate surface area is 64.3 Å². The summed E-state index contributed by atoms with van der Waals surface area (Å²) in [6.45, 7) is 1.71. The average Bonchev–Trinajstić information content (AvgIpc) is 2.39. The van der Waals surface area contributed by atoms with Gasteiger partial charge >= 0.3 is 0 Å². The zero-order valence-corrected chi connectivity index (χ0v) is 6.70. The van der Waals surface area contributed by atoms with Crippen molar-refractivity contribution in [2.75, 3.05) is 14.2 Å². The van der Waals surface area contributed by atoms with Crippen molar-refractivity contribution in [3.63, 3.8) is 0 Å². The molecule has 0 bridgehead atoms. The van der Waals surface area contributed by atoms with Crippen LogP contribution in [-0.2, 0) is 9.47 Å². The molecule has 5 nitrogen and oxygen atoms in total. The van der Waals surface area contributed by atoms with Crippen molar-refractivity contribution in [2.24, 2.45) is 0 Å². The molecule has 0 atom stereocenters. The van der Waals surface area contributed by atoms with Gasteiger partial charge in [-0.3, -0.25) is 0 Å². The summed E-state index contributed by atoms with van der Waals surface area (Å²) in [4.78, 5) is 0. The monoisotopic (exact) mass is 158 g/mol. The normalized spacial score (nSPS) is 10.9. The standard InChI is InChI=1S/C6H10N2O3/c1-4-7-8-5(11-4)6(9-2)10-3/h6H,1-3H3. The molecule has 0 N–H and O–H groups in total. The highest BCUT2D eigenvalue weighted by molar-refractivity contribution is 4.80. The van der Waals surface area contributed by atoms with Gasteiger partial charge in [0.1, 0.15) is 0 Å². The topological polar surface area (TPSA) is 57.4 Å². The van der Waals surface area contributed by atoms with Crippen LogP contribution in [0.25, 0.3) is 0 Å². The van der Waals surface area contributed by atoms with Crippen LogP contribution in [0.1, 0.15) is 18.1 Å². The molecule has 0 saturated carbocycles. The average molecular weight is 158 g/mol. The minimum absolute atomic E-state index is 0.340. The first-order valence-electron chi connectivity index (χ1n) is 3.13. The Morgan fingerprint density at radius 2 is 1.91 bits per heavy atom. The number of hydrogen-bond donors (Lipinski definition) is 0. The Morgan fingerprint density at radius 3 is 2.27 bits per heavy atom. The molecule has 0 aliphatic carbocycles. The van der Waals surface area contributed by atoms with Gasteiger partial charge in [0, 0.05) is 21.1 Å². The van der Waals surface area contributed by atoms with E-state index in [1.54, 1.807) is 6.92 Å². The Morgan fingerprint density at radius 1 is 1.27 bits per heavy atom. The van der Waals surface area contributed by atoms with Crippen molar-refractivity contribution in [1.82, 2.24) is 10.2 Å². The first-order chi connectivity index (χ1) is 5.27. The molecule has 0 saturated heterocycles. The number of aryl methyl sites for hydroxylation is 1. The molecule has 5 heteroatoms. The van der Waals surface area contributed by atoms with E-state index in [4.69, 9.17) is 13.9 Å². The zero-order chi connectivity index (χ0) is 8.27. The van der Waals surface area contributed by atoms with Crippen LogP contribution in [0.4, 0.5) is 0 Å². The van der Waals surface area contributed by atoms with Gasteiger partial charge in [-0.05, 0) is 0 Å². The molecule has 1 heterocycles. The van der Waals surface area contributed by atoms with Crippen LogP contribution in [-0.4, -0.2) is 24.4 Å². The summed E-state index contributed by atoms with van der Waals surface area (Å²) in [7, 11) is 3.02. The van der Waals surface area contributed by atoms with Crippen molar-refractivity contribution < 1.29 is 13.9 Å². The van der Waals surface area contributed by atoms with Crippen LogP contribution in [0.3, 0.4) is 0 Å². The van der Waals surface area contributed by atoms with Crippen LogP contribution in [0, 0.1) is 6.92 Å². The number of nitrogens with zero attached hydrogens (tertiary/aromatic N) is 2. The fourth-order valence-electron chi connectivity index (χ4n) is 0.705. The Bertz CT molecular complexity index is 219. The lowest BCUT2D eigenvalue weighted by atomic mass is 10.6. The summed E-state index contributed by atoms with van der Waals surface area (Å²) >= 11 is 0. The zero-order valence-electron chi connectivity index (χ0n) is 6.70. The highest BCUT2D eigenvalue weighted by Gasteiger charge is 2.15. The van der Waals surface area contributed by atoms with E-state index in [0.717, 1.165) is 0 Å². The van der Waals surface area contributed by atoms with Crippen LogP contribution in [0.5, 0.6) is 0 Å². The first kappa shape index (κ1) is 8.16. The molecule has 0 aromatic carbocycles. The third-order valence-corrected chi connectivity index (χ3v) is 1.17. The first-order valence-corrected chi connectivity index (χ1v) is 3.13. The molecule has 0 aliphatic rings. The van der Waals surface area contributed by atoms with Crippen LogP contribution in [0.2, 0.25) is 0 Å². The van der Waals surface area contributed by atoms with Crippen molar-refractivity contribution in [3.8, 4) is 0 Å². The van der Waals surface area contributed by atoms with E-state index in [1.807, 2.05) is 0 Å². The van der Waals surface area contributed by atoms with Gasteiger partial charge in [0.15, 0.2) is 0 Å². The number of ether oxygens (including phenoxy) is 2. The second-order valence-corrected chi connectivity index (χ2v) is 1.96. The van der Waals surface area contributed by atoms with Crippen molar-refractivity contribution >= 4 is 0 Å². The van der Waals surface area contributed by atoms with Crippen LogP contribution in [0.15, 0.2) is 4.42 Å². The van der Waals surface area contributed by atoms with Crippen molar-refractivity contribution in [2.45, 2.75) is 13.2 Å². The molecule has 62 valence electrons. The maximum atomic E-state index is 5.06. The van der Waals surface area contributed by atoms with Gasteiger partial charge in [0.05, 0.1) is 0 Å². The van der Waals surface area contributed by atoms with E-state index in [9.17, 15) is 0 Å². The van der Waals surface area contributed by atoms with Gasteiger partial charge in [-0.1, -0.05) is 0 Å². The molecule has 0 radical (unpaired) electrons. The van der Waals surface area contributed by atoms with E-state index in [1.165, 1.54) is 14.2 Å². The Hall–Kier alpha value is -0.940. The van der Waals surface area contributed by atoms with E-state index >= 15 is 0 Å². The lowest BCUT2D eigenvalue weighted by Gasteiger charge is -2.06. The summed E-state index contributed by atoms with van der Waals surface area (Å²) in [5.41, 5.74) is 0. The van der Waals surface area contributed by atoms with E-state index in [0.29, 0.717) is 11.8 Å². The van der Waals surface area contributed by atoms with Gasteiger partial charge < -0.3 is 13.9 Å². The quantitative estimate of drug-likeness (QED) is 0.605. The second-order valence-electron chi connectivity index (χ2n) is 1.96. The molecule has 1 aromatic rings. The highest BCUT2D eigenvalue weighted by Crippen LogP contribution is 2.14. The fourth-order valence-corrected chi connectivity index (χ4v) is 0.705. The molecule has 11 heavy (non-hydrogen) atoms. The number of methoxy groups -OCH3 is 2. The molecular weight excluding hydrogens is 148 g/mol. The molecule has 0 amide bonds. The Balaban J connectivity index is 2.73. The molecule has 1 aromatic heterocycles.